The van der Waals surface area contributed by atoms with Gasteiger partial charge < -0.3 is 10.2 Å². The molecule has 1 aromatic heterocycles. The molecule has 6 heteroatoms. The molecule has 1 fully saturated rings. The summed E-state index contributed by atoms with van der Waals surface area (Å²) in [6.45, 7) is 4.70. The molecular weight excluding hydrogens is 310 g/mol. The number of thiazole rings is 1. The van der Waals surface area contributed by atoms with E-state index in [-0.39, 0.29) is 11.8 Å². The molecule has 1 aliphatic rings. The highest BCUT2D eigenvalue weighted by atomic mass is 32.1. The summed E-state index contributed by atoms with van der Waals surface area (Å²) in [6, 6.07) is 7.62. The third-order valence-electron chi connectivity index (χ3n) is 3.96. The van der Waals surface area contributed by atoms with Crippen LogP contribution in [0.1, 0.15) is 29.0 Å². The number of hydrogen-bond donors (Lipinski definition) is 1. The van der Waals surface area contributed by atoms with Gasteiger partial charge in [-0.3, -0.25) is 9.59 Å². The summed E-state index contributed by atoms with van der Waals surface area (Å²) < 4.78 is 0. The Balaban J connectivity index is 1.61. The van der Waals surface area contributed by atoms with Gasteiger partial charge in [0.1, 0.15) is 0 Å². The summed E-state index contributed by atoms with van der Waals surface area (Å²) in [5.74, 6) is 0.0914. The minimum Gasteiger partial charge on any atom is -0.312 e. The van der Waals surface area contributed by atoms with E-state index in [4.69, 9.17) is 0 Å². The minimum atomic E-state index is -0.0799. The Bertz CT molecular complexity index is 717. The fraction of sp³-hybridized carbons (Fsp3) is 0.353. The predicted molar refractivity (Wildman–Crippen MR) is 92.0 cm³/mol. The number of nitrogens with one attached hydrogen (secondary N) is 1. The molecule has 5 nitrogen and oxygen atoms in total. The Hall–Kier alpha value is -2.21. The molecule has 0 bridgehead atoms. The van der Waals surface area contributed by atoms with Gasteiger partial charge in [-0.15, -0.1) is 11.3 Å². The lowest BCUT2D eigenvalue weighted by atomic mass is 10.1. The van der Waals surface area contributed by atoms with Crippen molar-refractivity contribution >= 4 is 34.0 Å². The fourth-order valence-corrected chi connectivity index (χ4v) is 3.42. The number of anilines is 2. The van der Waals surface area contributed by atoms with Gasteiger partial charge in [-0.05, 0) is 38.0 Å². The van der Waals surface area contributed by atoms with Crippen molar-refractivity contribution in [3.05, 3.63) is 40.4 Å². The normalized spacial score (nSPS) is 14.3. The molecule has 2 amide bonds. The van der Waals surface area contributed by atoms with Gasteiger partial charge in [0.15, 0.2) is 5.13 Å². The number of amides is 2. The van der Waals surface area contributed by atoms with Crippen LogP contribution in [-0.2, 0) is 16.0 Å². The number of benzene rings is 1. The van der Waals surface area contributed by atoms with Crippen LogP contribution in [0.15, 0.2) is 24.3 Å². The maximum Gasteiger partial charge on any atom is 0.230 e. The molecule has 0 aliphatic carbocycles. The van der Waals surface area contributed by atoms with Gasteiger partial charge >= 0.3 is 0 Å². The second-order valence-electron chi connectivity index (χ2n) is 5.70. The molecule has 1 saturated heterocycles. The number of nitrogens with zero attached hydrogens (tertiary/aromatic N) is 2. The highest BCUT2D eigenvalue weighted by Crippen LogP contribution is 2.23. The second kappa shape index (κ2) is 6.50. The third kappa shape index (κ3) is 3.59. The van der Waals surface area contributed by atoms with Gasteiger partial charge in [0, 0.05) is 23.5 Å². The topological polar surface area (TPSA) is 62.3 Å². The van der Waals surface area contributed by atoms with E-state index >= 15 is 0 Å². The number of hydrogen-bond acceptors (Lipinski definition) is 4. The van der Waals surface area contributed by atoms with Gasteiger partial charge in [0.25, 0.3) is 0 Å². The summed E-state index contributed by atoms with van der Waals surface area (Å²) in [5, 5.41) is 3.48. The van der Waals surface area contributed by atoms with Crippen LogP contribution in [0.2, 0.25) is 0 Å². The maximum atomic E-state index is 12.1. The van der Waals surface area contributed by atoms with E-state index in [1.165, 1.54) is 11.3 Å². The fourth-order valence-electron chi connectivity index (χ4n) is 2.59. The van der Waals surface area contributed by atoms with Crippen LogP contribution in [0.25, 0.3) is 0 Å². The van der Waals surface area contributed by atoms with Crippen molar-refractivity contribution in [3.63, 3.8) is 0 Å². The van der Waals surface area contributed by atoms with Crippen molar-refractivity contribution in [1.29, 1.82) is 0 Å². The van der Waals surface area contributed by atoms with Gasteiger partial charge in [-0.2, -0.15) is 0 Å². The molecule has 0 atom stereocenters. The lowest BCUT2D eigenvalue weighted by Gasteiger charge is -2.15. The SMILES string of the molecule is Cc1nc(NC(=O)Cc2ccc(N3CCCC3=O)cc2)sc1C. The molecule has 1 N–H and O–H groups in total. The van der Waals surface area contributed by atoms with Crippen LogP contribution in [0.5, 0.6) is 0 Å². The van der Waals surface area contributed by atoms with Crippen LogP contribution in [-0.4, -0.2) is 23.3 Å². The van der Waals surface area contributed by atoms with Crippen LogP contribution in [0, 0.1) is 13.8 Å². The number of aromatic nitrogens is 1. The summed E-state index contributed by atoms with van der Waals surface area (Å²) in [7, 11) is 0. The monoisotopic (exact) mass is 329 g/mol. The van der Waals surface area contributed by atoms with E-state index in [0.29, 0.717) is 18.0 Å². The van der Waals surface area contributed by atoms with E-state index in [2.05, 4.69) is 10.3 Å². The lowest BCUT2D eigenvalue weighted by molar-refractivity contribution is -0.117. The summed E-state index contributed by atoms with van der Waals surface area (Å²) in [6.07, 6.45) is 1.83. The maximum absolute atomic E-state index is 12.1. The first-order chi connectivity index (χ1) is 11.0. The van der Waals surface area contributed by atoms with Crippen LogP contribution in [0.4, 0.5) is 10.8 Å². The average Bonchev–Trinajstić information content (AvgIpc) is 3.06. The third-order valence-corrected chi connectivity index (χ3v) is 4.95. The molecule has 3 rings (SSSR count). The minimum absolute atomic E-state index is 0.0799. The molecular formula is C17H19N3O2S. The van der Waals surface area contributed by atoms with Crippen molar-refractivity contribution in [2.45, 2.75) is 33.1 Å². The zero-order chi connectivity index (χ0) is 16.4. The van der Waals surface area contributed by atoms with E-state index in [9.17, 15) is 9.59 Å². The van der Waals surface area contributed by atoms with E-state index in [0.717, 1.165) is 34.8 Å². The summed E-state index contributed by atoms with van der Waals surface area (Å²) in [4.78, 5) is 31.0. The van der Waals surface area contributed by atoms with Gasteiger partial charge in [-0.25, -0.2) is 4.98 Å². The molecule has 2 heterocycles. The Labute approximate surface area is 139 Å². The van der Waals surface area contributed by atoms with Crippen LogP contribution in [0.3, 0.4) is 0 Å². The first-order valence-corrected chi connectivity index (χ1v) is 8.48. The molecule has 2 aromatic rings. The number of carbonyl (C=O) groups is 2. The molecule has 0 spiro atoms. The van der Waals surface area contributed by atoms with Crippen molar-refractivity contribution in [3.8, 4) is 0 Å². The van der Waals surface area contributed by atoms with E-state index in [1.807, 2.05) is 38.1 Å². The van der Waals surface area contributed by atoms with Crippen molar-refractivity contribution in [1.82, 2.24) is 4.98 Å². The Morgan fingerprint density at radius 2 is 2.04 bits per heavy atom. The zero-order valence-corrected chi connectivity index (χ0v) is 14.1. The molecule has 0 unspecified atom stereocenters. The predicted octanol–water partition coefficient (Wildman–Crippen LogP) is 3.07. The number of aryl methyl sites for hydroxylation is 2. The molecule has 1 aliphatic heterocycles. The van der Waals surface area contributed by atoms with Crippen molar-refractivity contribution in [2.24, 2.45) is 0 Å². The highest BCUT2D eigenvalue weighted by molar-refractivity contribution is 7.15. The highest BCUT2D eigenvalue weighted by Gasteiger charge is 2.21. The largest absolute Gasteiger partial charge is 0.312 e. The smallest absolute Gasteiger partial charge is 0.230 e. The molecule has 0 saturated carbocycles. The Morgan fingerprint density at radius 3 is 2.61 bits per heavy atom. The first kappa shape index (κ1) is 15.7. The number of carbonyl (C=O) groups excluding carboxylic acids is 2. The lowest BCUT2D eigenvalue weighted by Crippen LogP contribution is -2.23. The molecule has 23 heavy (non-hydrogen) atoms. The van der Waals surface area contributed by atoms with Crippen LogP contribution < -0.4 is 10.2 Å². The zero-order valence-electron chi connectivity index (χ0n) is 13.3. The van der Waals surface area contributed by atoms with Gasteiger partial charge in [0.2, 0.25) is 11.8 Å². The molecule has 1 aromatic carbocycles. The Morgan fingerprint density at radius 1 is 1.30 bits per heavy atom. The van der Waals surface area contributed by atoms with Gasteiger partial charge in [0.05, 0.1) is 12.1 Å². The van der Waals surface area contributed by atoms with Crippen molar-refractivity contribution in [2.75, 3.05) is 16.8 Å². The van der Waals surface area contributed by atoms with Gasteiger partial charge in [-0.1, -0.05) is 12.1 Å². The molecule has 120 valence electrons. The summed E-state index contributed by atoms with van der Waals surface area (Å²) in [5.41, 5.74) is 2.77. The molecule has 0 radical (unpaired) electrons. The first-order valence-electron chi connectivity index (χ1n) is 7.66. The Kier molecular flexibility index (Phi) is 4.43. The number of rotatable bonds is 4. The van der Waals surface area contributed by atoms with Crippen LogP contribution >= 0.6 is 11.3 Å². The average molecular weight is 329 g/mol. The summed E-state index contributed by atoms with van der Waals surface area (Å²) >= 11 is 1.49. The van der Waals surface area contributed by atoms with Crippen molar-refractivity contribution < 1.29 is 9.59 Å². The van der Waals surface area contributed by atoms with E-state index < -0.39 is 0 Å². The van der Waals surface area contributed by atoms with E-state index in [1.54, 1.807) is 4.90 Å². The standard InChI is InChI=1S/C17H19N3O2S/c1-11-12(2)23-17(18-11)19-15(21)10-13-5-7-14(8-6-13)20-9-3-4-16(20)22/h5-8H,3-4,9-10H2,1-2H3,(H,18,19,21). The quantitative estimate of drug-likeness (QED) is 0.937. The second-order valence-corrected chi connectivity index (χ2v) is 6.90.